The number of likely N-dealkylation sites (tertiary alicyclic amines) is 1. The van der Waals surface area contributed by atoms with Crippen LogP contribution in [0.5, 0.6) is 0 Å². The topological polar surface area (TPSA) is 163 Å². The van der Waals surface area contributed by atoms with Gasteiger partial charge in [0.25, 0.3) is 10.1 Å². The summed E-state index contributed by atoms with van der Waals surface area (Å²) in [5, 5.41) is 16.8. The number of aliphatic carboxylic acids is 2. The van der Waals surface area contributed by atoms with Crippen molar-refractivity contribution in [3.63, 3.8) is 0 Å². The van der Waals surface area contributed by atoms with Crippen LogP contribution in [0.15, 0.2) is 0 Å². The van der Waals surface area contributed by atoms with Crippen molar-refractivity contribution < 1.29 is 50.2 Å². The number of carboxylic acids is 2. The fourth-order valence-corrected chi connectivity index (χ4v) is 5.71. The Hall–Kier alpha value is -1.28. The first-order valence-corrected chi connectivity index (χ1v) is 11.9. The minimum atomic E-state index is -4.19. The molecule has 0 aromatic carbocycles. The van der Waals surface area contributed by atoms with Crippen LogP contribution in [0.25, 0.3) is 0 Å². The average molecular weight is 449 g/mol. The van der Waals surface area contributed by atoms with Gasteiger partial charge in [0.05, 0.1) is 59.8 Å². The Balaban J connectivity index is 0.000000769. The summed E-state index contributed by atoms with van der Waals surface area (Å²) < 4.78 is 55.3. The largest absolute Gasteiger partial charge is 0.480 e. The van der Waals surface area contributed by atoms with E-state index in [1.54, 1.807) is 0 Å². The van der Waals surface area contributed by atoms with Gasteiger partial charge in [-0.25, -0.2) is 13.2 Å². The molecule has 2 atom stereocenters. The summed E-state index contributed by atoms with van der Waals surface area (Å²) in [4.78, 5) is 20.5. The van der Waals surface area contributed by atoms with E-state index >= 15 is 0 Å². The maximum Gasteiger partial charge on any atom is 0.359 e. The number of hydrogen-bond donors (Lipinski definition) is 3. The van der Waals surface area contributed by atoms with Gasteiger partial charge in [-0.3, -0.25) is 9.35 Å². The van der Waals surface area contributed by atoms with Gasteiger partial charge in [-0.05, 0) is 0 Å². The van der Waals surface area contributed by atoms with Crippen LogP contribution >= 0.6 is 0 Å². The molecule has 1 aliphatic rings. The summed E-state index contributed by atoms with van der Waals surface area (Å²) in [5.41, 5.74) is 0. The van der Waals surface area contributed by atoms with Gasteiger partial charge < -0.3 is 19.2 Å². The van der Waals surface area contributed by atoms with E-state index in [4.69, 9.17) is 14.8 Å². The quantitative estimate of drug-likeness (QED) is 0.295. The molecular formula is C15H32N2O9S2+2. The van der Waals surface area contributed by atoms with Gasteiger partial charge in [0.1, 0.15) is 5.75 Å². The van der Waals surface area contributed by atoms with Crippen molar-refractivity contribution in [3.8, 4) is 0 Å². The lowest BCUT2D eigenvalue weighted by molar-refractivity contribution is -0.880. The van der Waals surface area contributed by atoms with Gasteiger partial charge in [0.2, 0.25) is 0 Å². The van der Waals surface area contributed by atoms with E-state index in [9.17, 15) is 26.4 Å². The van der Waals surface area contributed by atoms with Crippen LogP contribution in [0.2, 0.25) is 0 Å². The van der Waals surface area contributed by atoms with Crippen LogP contribution in [-0.4, -0.2) is 125 Å². The smallest absolute Gasteiger partial charge is 0.359 e. The molecule has 1 saturated heterocycles. The molecule has 0 aliphatic carbocycles. The summed E-state index contributed by atoms with van der Waals surface area (Å²) in [7, 11) is 1.21. The summed E-state index contributed by atoms with van der Waals surface area (Å²) >= 11 is 0. The number of likely N-dealkylation sites (N-methyl/N-ethyl adjacent to an activating group) is 1. The Morgan fingerprint density at radius 1 is 0.929 bits per heavy atom. The van der Waals surface area contributed by atoms with Gasteiger partial charge in [-0.15, -0.1) is 0 Å². The van der Waals surface area contributed by atoms with Crippen LogP contribution in [-0.2, 0) is 29.5 Å². The number of carboxylic acid groups (broad SMARTS) is 2. The van der Waals surface area contributed by atoms with Gasteiger partial charge in [-0.2, -0.15) is 8.42 Å². The monoisotopic (exact) mass is 448 g/mol. The van der Waals surface area contributed by atoms with Crippen molar-refractivity contribution in [2.24, 2.45) is 11.8 Å². The van der Waals surface area contributed by atoms with Gasteiger partial charge in [0.15, 0.2) is 16.4 Å². The first-order valence-electron chi connectivity index (χ1n) is 8.43. The first-order chi connectivity index (χ1) is 12.2. The zero-order valence-corrected chi connectivity index (χ0v) is 18.5. The van der Waals surface area contributed by atoms with Crippen molar-refractivity contribution in [2.75, 3.05) is 72.1 Å². The van der Waals surface area contributed by atoms with E-state index in [0.717, 1.165) is 0 Å². The second-order valence-electron chi connectivity index (χ2n) is 8.86. The Bertz CT molecular complexity index is 768. The molecule has 166 valence electrons. The molecule has 1 fully saturated rings. The number of rotatable bonds is 8. The SMILES string of the molecule is C[N+](C)(C)CC(=O)O.C[N+]1(C)CC(CS(=O)(=O)O)C(CS(=O)(=O)CC(=O)O)C1. The molecule has 11 nitrogen and oxygen atoms in total. The Morgan fingerprint density at radius 3 is 1.64 bits per heavy atom. The third-order valence-corrected chi connectivity index (χ3v) is 6.44. The fourth-order valence-electron chi connectivity index (χ4n) is 3.27. The summed E-state index contributed by atoms with van der Waals surface area (Å²) in [5.74, 6) is -4.99. The standard InChI is InChI=1S/C10H19NO7S2.C5H11NO2/c1-11(2)3-8(5-19(14,15)7-10(12)13)9(4-11)6-20(16,17)18;1-6(2,3)4-5(7)8/h8-9H,3-7H2,1-2H3,(H-,12,13,16,17,18);4H2,1-3H3/p+2. The summed E-state index contributed by atoms with van der Waals surface area (Å²) in [6.07, 6.45) is 0. The molecule has 0 aromatic heterocycles. The molecule has 0 bridgehead atoms. The molecule has 0 spiro atoms. The Labute approximate surface area is 166 Å². The molecule has 2 unspecified atom stereocenters. The summed E-state index contributed by atoms with van der Waals surface area (Å²) in [6.45, 7) is 1.03. The van der Waals surface area contributed by atoms with Crippen molar-refractivity contribution in [1.82, 2.24) is 0 Å². The third-order valence-electron chi connectivity index (χ3n) is 3.97. The molecule has 0 amide bonds. The highest BCUT2D eigenvalue weighted by Gasteiger charge is 2.44. The molecule has 1 rings (SSSR count). The average Bonchev–Trinajstić information content (AvgIpc) is 2.55. The lowest BCUT2D eigenvalue weighted by Crippen LogP contribution is -2.39. The molecule has 13 heteroatoms. The third kappa shape index (κ3) is 13.0. The fraction of sp³-hybridized carbons (Fsp3) is 0.867. The van der Waals surface area contributed by atoms with Crippen molar-refractivity contribution >= 4 is 31.9 Å². The number of sulfone groups is 1. The Morgan fingerprint density at radius 2 is 1.36 bits per heavy atom. The molecular weight excluding hydrogens is 416 g/mol. The van der Waals surface area contributed by atoms with Crippen LogP contribution < -0.4 is 0 Å². The van der Waals surface area contributed by atoms with E-state index in [1.807, 2.05) is 35.2 Å². The minimum absolute atomic E-state index is 0.181. The van der Waals surface area contributed by atoms with Gasteiger partial charge >= 0.3 is 11.9 Å². The number of hydrogen-bond acceptors (Lipinski definition) is 6. The lowest BCUT2D eigenvalue weighted by atomic mass is 10.0. The van der Waals surface area contributed by atoms with Crippen molar-refractivity contribution in [3.05, 3.63) is 0 Å². The number of quaternary nitrogens is 2. The maximum absolute atomic E-state index is 11.7. The predicted octanol–water partition coefficient (Wildman–Crippen LogP) is -1.53. The molecule has 1 heterocycles. The van der Waals surface area contributed by atoms with Crippen molar-refractivity contribution in [2.45, 2.75) is 0 Å². The second-order valence-corrected chi connectivity index (χ2v) is 12.5. The maximum atomic E-state index is 11.7. The zero-order chi connectivity index (χ0) is 22.6. The van der Waals surface area contributed by atoms with E-state index in [0.29, 0.717) is 22.1 Å². The van der Waals surface area contributed by atoms with E-state index in [2.05, 4.69) is 0 Å². The normalized spacial score (nSPS) is 22.2. The number of nitrogens with zero attached hydrogens (tertiary/aromatic N) is 2. The number of carbonyl (C=O) groups is 2. The highest BCUT2D eigenvalue weighted by atomic mass is 32.2. The van der Waals surface area contributed by atoms with E-state index in [1.165, 1.54) is 0 Å². The minimum Gasteiger partial charge on any atom is -0.480 e. The van der Waals surface area contributed by atoms with Crippen LogP contribution in [0.3, 0.4) is 0 Å². The van der Waals surface area contributed by atoms with E-state index < -0.39 is 55.2 Å². The Kier molecular flexibility index (Phi) is 9.05. The molecule has 0 radical (unpaired) electrons. The van der Waals surface area contributed by atoms with Crippen molar-refractivity contribution in [1.29, 1.82) is 0 Å². The molecule has 0 aromatic rings. The highest BCUT2D eigenvalue weighted by Crippen LogP contribution is 2.29. The predicted molar refractivity (Wildman–Crippen MR) is 102 cm³/mol. The van der Waals surface area contributed by atoms with Gasteiger partial charge in [-0.1, -0.05) is 0 Å². The summed E-state index contributed by atoms with van der Waals surface area (Å²) in [6, 6.07) is 0. The van der Waals surface area contributed by atoms with E-state index in [-0.39, 0.29) is 12.3 Å². The molecule has 0 saturated carbocycles. The zero-order valence-electron chi connectivity index (χ0n) is 16.9. The molecule has 28 heavy (non-hydrogen) atoms. The molecule has 1 aliphatic heterocycles. The van der Waals surface area contributed by atoms with Crippen LogP contribution in [0.4, 0.5) is 0 Å². The molecule has 3 N–H and O–H groups in total. The van der Waals surface area contributed by atoms with Crippen LogP contribution in [0.1, 0.15) is 0 Å². The van der Waals surface area contributed by atoms with Gasteiger partial charge in [0, 0.05) is 11.8 Å². The lowest BCUT2D eigenvalue weighted by Gasteiger charge is -2.23. The second kappa shape index (κ2) is 9.48. The highest BCUT2D eigenvalue weighted by molar-refractivity contribution is 7.92. The van der Waals surface area contributed by atoms with Crippen LogP contribution in [0, 0.1) is 11.8 Å². The first kappa shape index (κ1) is 26.7.